The molecule has 3 saturated heterocycles. The lowest BCUT2D eigenvalue weighted by atomic mass is 10.0. The lowest BCUT2D eigenvalue weighted by molar-refractivity contribution is -0.188. The normalized spacial score (nSPS) is 26.8. The Kier molecular flexibility index (Phi) is 4.05. The van der Waals surface area contributed by atoms with Crippen molar-refractivity contribution in [3.63, 3.8) is 0 Å². The first-order valence-corrected chi connectivity index (χ1v) is 8.33. The molecule has 3 aliphatic rings. The van der Waals surface area contributed by atoms with Gasteiger partial charge in [0.25, 0.3) is 5.91 Å². The third kappa shape index (κ3) is 2.84. The van der Waals surface area contributed by atoms with Crippen molar-refractivity contribution in [2.45, 2.75) is 31.1 Å². The quantitative estimate of drug-likeness (QED) is 0.754. The zero-order valence-electron chi connectivity index (χ0n) is 13.5. The number of likely N-dealkylation sites (tertiary alicyclic amines) is 1. The number of imide groups is 1. The summed E-state index contributed by atoms with van der Waals surface area (Å²) in [5.74, 6) is -3.47. The highest BCUT2D eigenvalue weighted by atomic mass is 19.2. The van der Waals surface area contributed by atoms with Crippen LogP contribution in [0.4, 0.5) is 14.5 Å². The molecule has 8 heteroatoms. The number of hydrogen-bond donors (Lipinski definition) is 0. The minimum atomic E-state index is -1.09. The maximum atomic E-state index is 13.4. The zero-order valence-corrected chi connectivity index (χ0v) is 13.5. The van der Waals surface area contributed by atoms with Gasteiger partial charge in [-0.05, 0) is 12.1 Å². The summed E-state index contributed by atoms with van der Waals surface area (Å²) >= 11 is 0. The third-order valence-corrected chi connectivity index (χ3v) is 5.10. The van der Waals surface area contributed by atoms with Crippen LogP contribution in [0.2, 0.25) is 0 Å². The van der Waals surface area contributed by atoms with Crippen molar-refractivity contribution >= 4 is 17.5 Å². The fourth-order valence-corrected chi connectivity index (χ4v) is 3.76. The summed E-state index contributed by atoms with van der Waals surface area (Å²) in [7, 11) is 0. The van der Waals surface area contributed by atoms with Crippen LogP contribution in [0.15, 0.2) is 18.2 Å². The van der Waals surface area contributed by atoms with Crippen LogP contribution < -0.4 is 4.90 Å². The van der Waals surface area contributed by atoms with Crippen molar-refractivity contribution in [2.75, 3.05) is 31.2 Å². The Labute approximate surface area is 143 Å². The number of halogens is 2. The molecule has 3 aliphatic heterocycles. The molecule has 0 unspecified atom stereocenters. The number of amides is 2. The van der Waals surface area contributed by atoms with Gasteiger partial charge in [-0.3, -0.25) is 14.5 Å². The van der Waals surface area contributed by atoms with Gasteiger partial charge in [-0.2, -0.15) is 0 Å². The molecule has 2 amide bonds. The van der Waals surface area contributed by atoms with Crippen LogP contribution in [0.5, 0.6) is 0 Å². The predicted octanol–water partition coefficient (Wildman–Crippen LogP) is 1.44. The van der Waals surface area contributed by atoms with E-state index in [0.717, 1.165) is 17.0 Å². The molecule has 3 fully saturated rings. The molecule has 3 heterocycles. The maximum absolute atomic E-state index is 13.4. The molecule has 0 bridgehead atoms. The molecule has 1 atom stereocenters. The minimum Gasteiger partial charge on any atom is -0.347 e. The van der Waals surface area contributed by atoms with Crippen molar-refractivity contribution in [2.24, 2.45) is 0 Å². The van der Waals surface area contributed by atoms with Gasteiger partial charge in [-0.25, -0.2) is 13.7 Å². The lowest BCUT2D eigenvalue weighted by Crippen LogP contribution is -2.51. The molecule has 0 aliphatic carbocycles. The number of rotatable bonds is 2. The average Bonchev–Trinajstić information content (AvgIpc) is 3.16. The second-order valence-corrected chi connectivity index (χ2v) is 6.53. The van der Waals surface area contributed by atoms with Crippen LogP contribution in [0, 0.1) is 11.6 Å². The summed E-state index contributed by atoms with van der Waals surface area (Å²) in [6.45, 7) is 2.31. The first kappa shape index (κ1) is 16.6. The van der Waals surface area contributed by atoms with Gasteiger partial charge >= 0.3 is 0 Å². The van der Waals surface area contributed by atoms with Crippen molar-refractivity contribution in [3.8, 4) is 0 Å². The second-order valence-electron chi connectivity index (χ2n) is 6.53. The molecule has 0 N–H and O–H groups in total. The Morgan fingerprint density at radius 2 is 1.72 bits per heavy atom. The van der Waals surface area contributed by atoms with E-state index in [-0.39, 0.29) is 12.1 Å². The van der Waals surface area contributed by atoms with Gasteiger partial charge in [0.05, 0.1) is 31.4 Å². The first-order chi connectivity index (χ1) is 12.0. The van der Waals surface area contributed by atoms with Crippen molar-refractivity contribution in [3.05, 3.63) is 29.8 Å². The molecule has 0 saturated carbocycles. The Balaban J connectivity index is 1.48. The van der Waals surface area contributed by atoms with E-state index in [0.29, 0.717) is 39.1 Å². The summed E-state index contributed by atoms with van der Waals surface area (Å²) in [5, 5.41) is 0. The molecule has 6 nitrogen and oxygen atoms in total. The van der Waals surface area contributed by atoms with Crippen LogP contribution in [-0.2, 0) is 19.1 Å². The van der Waals surface area contributed by atoms with Gasteiger partial charge < -0.3 is 9.47 Å². The third-order valence-electron chi connectivity index (χ3n) is 5.10. The highest BCUT2D eigenvalue weighted by Gasteiger charge is 2.47. The summed E-state index contributed by atoms with van der Waals surface area (Å²) in [5.41, 5.74) is 0.0624. The first-order valence-electron chi connectivity index (χ1n) is 8.33. The molecular weight excluding hydrogens is 334 g/mol. The fourth-order valence-electron chi connectivity index (χ4n) is 3.76. The van der Waals surface area contributed by atoms with E-state index >= 15 is 0 Å². The van der Waals surface area contributed by atoms with E-state index in [9.17, 15) is 18.4 Å². The number of hydrogen-bond acceptors (Lipinski definition) is 5. The Hall–Kier alpha value is -1.90. The molecule has 1 aromatic carbocycles. The Bertz CT molecular complexity index is 711. The highest BCUT2D eigenvalue weighted by Crippen LogP contribution is 2.34. The van der Waals surface area contributed by atoms with Gasteiger partial charge in [-0.1, -0.05) is 0 Å². The van der Waals surface area contributed by atoms with E-state index < -0.39 is 35.3 Å². The van der Waals surface area contributed by atoms with E-state index in [1.54, 1.807) is 0 Å². The molecule has 1 spiro atoms. The summed E-state index contributed by atoms with van der Waals surface area (Å²) in [6, 6.07) is 2.44. The standard InChI is InChI=1S/C17H18F2N2O4/c18-12-2-1-11(9-13(12)19)21-15(22)10-14(16(21)23)20-5-3-17(4-6-20)24-7-8-25-17/h1-2,9,14H,3-8,10H2/t14-/m1/s1. The SMILES string of the molecule is O=C1C[C@@H](N2CCC3(CC2)OCCO3)C(=O)N1c1ccc(F)c(F)c1. The van der Waals surface area contributed by atoms with Gasteiger partial charge in [0.1, 0.15) is 0 Å². The number of piperidine rings is 1. The number of anilines is 1. The Morgan fingerprint density at radius 1 is 1.04 bits per heavy atom. The molecule has 0 aromatic heterocycles. The molecular formula is C17H18F2N2O4. The number of carbonyl (C=O) groups is 2. The van der Waals surface area contributed by atoms with Gasteiger partial charge in [0.15, 0.2) is 17.4 Å². The van der Waals surface area contributed by atoms with Crippen molar-refractivity contribution < 1.29 is 27.8 Å². The predicted molar refractivity (Wildman–Crippen MR) is 82.7 cm³/mol. The molecule has 25 heavy (non-hydrogen) atoms. The largest absolute Gasteiger partial charge is 0.347 e. The summed E-state index contributed by atoms with van der Waals surface area (Å²) < 4.78 is 37.9. The number of benzene rings is 1. The van der Waals surface area contributed by atoms with E-state index in [2.05, 4.69) is 0 Å². The van der Waals surface area contributed by atoms with Crippen LogP contribution in [0.25, 0.3) is 0 Å². The highest BCUT2D eigenvalue weighted by molar-refractivity contribution is 6.22. The lowest BCUT2D eigenvalue weighted by Gasteiger charge is -2.39. The topological polar surface area (TPSA) is 59.1 Å². The van der Waals surface area contributed by atoms with Crippen molar-refractivity contribution in [1.29, 1.82) is 0 Å². The summed E-state index contributed by atoms with van der Waals surface area (Å²) in [4.78, 5) is 27.9. The molecule has 134 valence electrons. The van der Waals surface area contributed by atoms with Crippen LogP contribution in [0.1, 0.15) is 19.3 Å². The van der Waals surface area contributed by atoms with E-state index in [4.69, 9.17) is 9.47 Å². The van der Waals surface area contributed by atoms with Crippen LogP contribution in [-0.4, -0.2) is 54.8 Å². The van der Waals surface area contributed by atoms with E-state index in [1.807, 2.05) is 4.90 Å². The van der Waals surface area contributed by atoms with Gasteiger partial charge in [-0.15, -0.1) is 0 Å². The molecule has 0 radical (unpaired) electrons. The van der Waals surface area contributed by atoms with E-state index in [1.165, 1.54) is 6.07 Å². The molecule has 4 rings (SSSR count). The Morgan fingerprint density at radius 3 is 2.36 bits per heavy atom. The minimum absolute atomic E-state index is 0.0343. The summed E-state index contributed by atoms with van der Waals surface area (Å²) in [6.07, 6.45) is 1.30. The maximum Gasteiger partial charge on any atom is 0.251 e. The van der Waals surface area contributed by atoms with Gasteiger partial charge in [0, 0.05) is 32.0 Å². The number of ether oxygens (including phenoxy) is 2. The smallest absolute Gasteiger partial charge is 0.251 e. The average molecular weight is 352 g/mol. The van der Waals surface area contributed by atoms with Crippen molar-refractivity contribution in [1.82, 2.24) is 4.90 Å². The monoisotopic (exact) mass is 352 g/mol. The number of nitrogens with zero attached hydrogens (tertiary/aromatic N) is 2. The van der Waals surface area contributed by atoms with Gasteiger partial charge in [0.2, 0.25) is 5.91 Å². The molecule has 1 aromatic rings. The number of carbonyl (C=O) groups excluding carboxylic acids is 2. The fraction of sp³-hybridized carbons (Fsp3) is 0.529. The van der Waals surface area contributed by atoms with Crippen LogP contribution in [0.3, 0.4) is 0 Å². The zero-order chi connectivity index (χ0) is 17.6. The van der Waals surface area contributed by atoms with Crippen LogP contribution >= 0.6 is 0 Å². The second kappa shape index (κ2) is 6.12.